The number of benzene rings is 2. The first-order valence-corrected chi connectivity index (χ1v) is 8.93. The molecule has 0 aliphatic heterocycles. The van der Waals surface area contributed by atoms with Crippen molar-refractivity contribution in [2.24, 2.45) is 7.05 Å². The van der Waals surface area contributed by atoms with Gasteiger partial charge in [-0.1, -0.05) is 23.2 Å². The van der Waals surface area contributed by atoms with Crippen LogP contribution in [0.15, 0.2) is 41.2 Å². The number of aliphatic carboxylic acids is 1. The summed E-state index contributed by atoms with van der Waals surface area (Å²) >= 11 is 11.8. The zero-order chi connectivity index (χ0) is 21.3. The molecule has 8 nitrogen and oxygen atoms in total. The van der Waals surface area contributed by atoms with E-state index in [4.69, 9.17) is 33.0 Å². The Morgan fingerprint density at radius 3 is 2.41 bits per heavy atom. The van der Waals surface area contributed by atoms with Crippen molar-refractivity contribution in [3.63, 3.8) is 0 Å². The molecule has 3 N–H and O–H groups in total. The lowest BCUT2D eigenvalue weighted by molar-refractivity contribution is -0.135. The van der Waals surface area contributed by atoms with Gasteiger partial charge >= 0.3 is 5.97 Å². The number of amides is 1. The van der Waals surface area contributed by atoms with Crippen LogP contribution in [-0.4, -0.2) is 33.2 Å². The fourth-order valence-electron chi connectivity index (χ4n) is 2.69. The second kappa shape index (κ2) is 8.02. The largest absolute Gasteiger partial charge is 0.506 e. The van der Waals surface area contributed by atoms with Crippen molar-refractivity contribution in [2.75, 3.05) is 6.54 Å². The summed E-state index contributed by atoms with van der Waals surface area (Å²) in [6.07, 6.45) is 0. The summed E-state index contributed by atoms with van der Waals surface area (Å²) in [4.78, 5) is 35.3. The molecule has 0 aliphatic rings. The van der Waals surface area contributed by atoms with Gasteiger partial charge in [-0.3, -0.25) is 14.4 Å². The number of halogens is 2. The van der Waals surface area contributed by atoms with E-state index in [0.717, 1.165) is 4.57 Å². The molecule has 0 aliphatic carbocycles. The van der Waals surface area contributed by atoms with Crippen molar-refractivity contribution in [3.8, 4) is 17.2 Å². The van der Waals surface area contributed by atoms with Gasteiger partial charge in [-0.05, 0) is 24.3 Å². The molecule has 0 radical (unpaired) electrons. The summed E-state index contributed by atoms with van der Waals surface area (Å²) in [5, 5.41) is 22.1. The summed E-state index contributed by atoms with van der Waals surface area (Å²) in [7, 11) is 1.42. The maximum atomic E-state index is 12.6. The predicted molar refractivity (Wildman–Crippen MR) is 107 cm³/mol. The molecule has 29 heavy (non-hydrogen) atoms. The Morgan fingerprint density at radius 2 is 1.76 bits per heavy atom. The average Bonchev–Trinajstić information content (AvgIpc) is 2.67. The summed E-state index contributed by atoms with van der Waals surface area (Å²) in [5.74, 6) is -2.04. The lowest BCUT2D eigenvalue weighted by atomic mass is 10.1. The third-order valence-corrected chi connectivity index (χ3v) is 4.83. The van der Waals surface area contributed by atoms with Crippen LogP contribution in [0.1, 0.15) is 10.4 Å². The number of carbonyl (C=O) groups excluding carboxylic acids is 1. The number of nitrogens with zero attached hydrogens (tertiary/aromatic N) is 1. The number of pyridine rings is 1. The van der Waals surface area contributed by atoms with Gasteiger partial charge < -0.3 is 24.8 Å². The maximum absolute atomic E-state index is 12.6. The fraction of sp³-hybridized carbons (Fsp3) is 0.105. The minimum absolute atomic E-state index is 0.217. The van der Waals surface area contributed by atoms with E-state index in [-0.39, 0.29) is 5.39 Å². The number of ether oxygens (including phenoxy) is 1. The van der Waals surface area contributed by atoms with Crippen molar-refractivity contribution < 1.29 is 24.5 Å². The molecule has 0 unspecified atom stereocenters. The van der Waals surface area contributed by atoms with Crippen molar-refractivity contribution in [2.45, 2.75) is 0 Å². The Kier molecular flexibility index (Phi) is 5.67. The molecule has 10 heteroatoms. The normalized spacial score (nSPS) is 10.7. The lowest BCUT2D eigenvalue weighted by Crippen LogP contribution is -2.35. The highest BCUT2D eigenvalue weighted by Gasteiger charge is 2.22. The quantitative estimate of drug-likeness (QED) is 0.565. The van der Waals surface area contributed by atoms with Gasteiger partial charge in [-0.15, -0.1) is 0 Å². The zero-order valence-corrected chi connectivity index (χ0v) is 16.4. The number of fused-ring (bicyclic) bond motifs is 1. The first kappa shape index (κ1) is 20.5. The number of aromatic hydroxyl groups is 1. The lowest BCUT2D eigenvalue weighted by Gasteiger charge is -2.13. The Bertz CT molecular complexity index is 1210. The first-order chi connectivity index (χ1) is 13.7. The monoisotopic (exact) mass is 436 g/mol. The van der Waals surface area contributed by atoms with Crippen LogP contribution >= 0.6 is 23.2 Å². The van der Waals surface area contributed by atoms with Gasteiger partial charge in [-0.2, -0.15) is 0 Å². The molecule has 0 spiro atoms. The fourth-order valence-corrected chi connectivity index (χ4v) is 2.98. The number of carboxylic acid groups (broad SMARTS) is 1. The predicted octanol–water partition coefficient (Wildman–Crippen LogP) is 3.16. The van der Waals surface area contributed by atoms with E-state index >= 15 is 0 Å². The van der Waals surface area contributed by atoms with Crippen LogP contribution in [0.4, 0.5) is 0 Å². The molecule has 0 bridgehead atoms. The Balaban J connectivity index is 2.03. The van der Waals surface area contributed by atoms with Crippen molar-refractivity contribution >= 4 is 46.0 Å². The minimum atomic E-state index is -1.28. The van der Waals surface area contributed by atoms with Crippen LogP contribution in [0.25, 0.3) is 10.9 Å². The van der Waals surface area contributed by atoms with Crippen LogP contribution in [0.5, 0.6) is 17.2 Å². The van der Waals surface area contributed by atoms with E-state index < -0.39 is 35.3 Å². The molecular formula is C19H14Cl2N2O6. The molecule has 0 saturated carbocycles. The number of carboxylic acids is 1. The Hall–Kier alpha value is -3.23. The average molecular weight is 437 g/mol. The number of hydrogen-bond donors (Lipinski definition) is 3. The molecule has 0 atom stereocenters. The van der Waals surface area contributed by atoms with Gasteiger partial charge in [0.05, 0.1) is 15.6 Å². The highest BCUT2D eigenvalue weighted by atomic mass is 35.5. The van der Waals surface area contributed by atoms with Gasteiger partial charge in [-0.25, -0.2) is 0 Å². The highest BCUT2D eigenvalue weighted by molar-refractivity contribution is 6.42. The van der Waals surface area contributed by atoms with Crippen molar-refractivity contribution in [1.29, 1.82) is 0 Å². The molecule has 150 valence electrons. The van der Waals surface area contributed by atoms with Crippen LogP contribution < -0.4 is 15.6 Å². The molecule has 1 amide bonds. The third kappa shape index (κ3) is 4.13. The summed E-state index contributed by atoms with van der Waals surface area (Å²) in [6, 6.07) is 9.24. The van der Waals surface area contributed by atoms with E-state index in [1.165, 1.54) is 31.3 Å². The second-order valence-corrected chi connectivity index (χ2v) is 6.84. The minimum Gasteiger partial charge on any atom is -0.506 e. The number of aromatic nitrogens is 1. The molecule has 3 aromatic rings. The number of aryl methyl sites for hydroxylation is 1. The molecule has 3 rings (SSSR count). The third-order valence-electron chi connectivity index (χ3n) is 4.09. The van der Waals surface area contributed by atoms with Gasteiger partial charge in [0, 0.05) is 24.6 Å². The van der Waals surface area contributed by atoms with Crippen LogP contribution in [0.3, 0.4) is 0 Å². The molecule has 0 fully saturated rings. The standard InChI is InChI=1S/C19H14Cl2N2O6/c1-23-14-7-10(29-9-3-5-12(20)13(21)6-9)2-4-11(14)17(26)16(19(23)28)18(27)22-8-15(24)25/h2-7,26H,8H2,1H3,(H,22,27)(H,24,25). The number of nitrogens with one attached hydrogen (secondary N) is 1. The van der Waals surface area contributed by atoms with Gasteiger partial charge in [0.25, 0.3) is 11.5 Å². The number of carbonyl (C=O) groups is 2. The van der Waals surface area contributed by atoms with Crippen molar-refractivity contribution in [3.05, 3.63) is 62.4 Å². The second-order valence-electron chi connectivity index (χ2n) is 6.02. The van der Waals surface area contributed by atoms with Crippen LogP contribution in [-0.2, 0) is 11.8 Å². The maximum Gasteiger partial charge on any atom is 0.322 e. The van der Waals surface area contributed by atoms with E-state index in [2.05, 4.69) is 5.32 Å². The smallest absolute Gasteiger partial charge is 0.322 e. The van der Waals surface area contributed by atoms with Gasteiger partial charge in [0.2, 0.25) is 0 Å². The van der Waals surface area contributed by atoms with Crippen molar-refractivity contribution in [1.82, 2.24) is 9.88 Å². The van der Waals surface area contributed by atoms with E-state index in [9.17, 15) is 19.5 Å². The molecule has 1 heterocycles. The first-order valence-electron chi connectivity index (χ1n) is 8.17. The Morgan fingerprint density at radius 1 is 1.10 bits per heavy atom. The van der Waals surface area contributed by atoms with Crippen LogP contribution in [0.2, 0.25) is 10.0 Å². The SMILES string of the molecule is Cn1c(=O)c(C(=O)NCC(=O)O)c(O)c2ccc(Oc3ccc(Cl)c(Cl)c3)cc21. The Labute approximate surface area is 173 Å². The summed E-state index contributed by atoms with van der Waals surface area (Å²) in [6.45, 7) is -0.685. The molecule has 0 saturated heterocycles. The van der Waals surface area contributed by atoms with E-state index in [1.807, 2.05) is 0 Å². The molecular weight excluding hydrogens is 423 g/mol. The van der Waals surface area contributed by atoms with E-state index in [0.29, 0.717) is 27.1 Å². The number of hydrogen-bond acceptors (Lipinski definition) is 5. The van der Waals surface area contributed by atoms with Gasteiger partial charge in [0.15, 0.2) is 0 Å². The molecule has 1 aromatic heterocycles. The topological polar surface area (TPSA) is 118 Å². The highest BCUT2D eigenvalue weighted by Crippen LogP contribution is 2.33. The molecule has 2 aromatic carbocycles. The number of rotatable bonds is 5. The van der Waals surface area contributed by atoms with Crippen LogP contribution in [0, 0.1) is 0 Å². The van der Waals surface area contributed by atoms with E-state index in [1.54, 1.807) is 12.1 Å². The summed E-state index contributed by atoms with van der Waals surface area (Å²) in [5.41, 5.74) is -1.02. The zero-order valence-electron chi connectivity index (χ0n) is 14.9. The summed E-state index contributed by atoms with van der Waals surface area (Å²) < 4.78 is 6.87. The van der Waals surface area contributed by atoms with Gasteiger partial charge in [0.1, 0.15) is 29.4 Å².